The van der Waals surface area contributed by atoms with E-state index in [-0.39, 0.29) is 12.1 Å². The number of rotatable bonds is 5. The van der Waals surface area contributed by atoms with Crippen molar-refractivity contribution in [2.45, 2.75) is 26.0 Å². The molecule has 19 heavy (non-hydrogen) atoms. The molecule has 2 N–H and O–H groups in total. The molecule has 1 aliphatic rings. The molecule has 0 saturated carbocycles. The third-order valence-electron chi connectivity index (χ3n) is 3.10. The van der Waals surface area contributed by atoms with Crippen LogP contribution in [0.3, 0.4) is 0 Å². The van der Waals surface area contributed by atoms with Crippen molar-refractivity contribution in [1.82, 2.24) is 4.90 Å². The molecule has 1 aliphatic heterocycles. The second kappa shape index (κ2) is 5.84. The van der Waals surface area contributed by atoms with Crippen LogP contribution in [0.2, 0.25) is 0 Å². The molecular formula is C14H19N3O2. The molecule has 1 aromatic rings. The van der Waals surface area contributed by atoms with Crippen molar-refractivity contribution < 1.29 is 9.53 Å². The fraction of sp³-hybridized carbons (Fsp3) is 0.429. The number of methoxy groups -OCH3 is 1. The van der Waals surface area contributed by atoms with Crippen LogP contribution >= 0.6 is 0 Å². The van der Waals surface area contributed by atoms with Crippen molar-refractivity contribution in [3.8, 4) is 0 Å². The molecule has 0 radical (unpaired) electrons. The first kappa shape index (κ1) is 13.5. The number of amidine groups is 1. The minimum Gasteiger partial charge on any atom is -0.385 e. The van der Waals surface area contributed by atoms with Crippen LogP contribution in [0, 0.1) is 0 Å². The quantitative estimate of drug-likeness (QED) is 0.882. The molecular weight excluding hydrogens is 242 g/mol. The maximum absolute atomic E-state index is 11.8. The van der Waals surface area contributed by atoms with Gasteiger partial charge < -0.3 is 15.4 Å². The van der Waals surface area contributed by atoms with Crippen LogP contribution in [0.4, 0.5) is 4.79 Å². The van der Waals surface area contributed by atoms with E-state index in [4.69, 9.17) is 10.5 Å². The lowest BCUT2D eigenvalue weighted by Crippen LogP contribution is -2.33. The molecule has 2 rings (SSSR count). The molecule has 5 nitrogen and oxygen atoms in total. The molecule has 0 aromatic heterocycles. The Morgan fingerprint density at radius 2 is 2.26 bits per heavy atom. The number of urea groups is 1. The van der Waals surface area contributed by atoms with Gasteiger partial charge in [-0.25, -0.2) is 4.79 Å². The summed E-state index contributed by atoms with van der Waals surface area (Å²) in [7, 11) is 1.66. The van der Waals surface area contributed by atoms with Crippen LogP contribution < -0.4 is 5.73 Å². The summed E-state index contributed by atoms with van der Waals surface area (Å²) in [6, 6.07) is 7.42. The average molecular weight is 261 g/mol. The number of hydrogen-bond donors (Lipinski definition) is 1. The highest BCUT2D eigenvalue weighted by atomic mass is 16.5. The van der Waals surface area contributed by atoms with Gasteiger partial charge in [0.15, 0.2) is 0 Å². The highest BCUT2D eigenvalue weighted by molar-refractivity contribution is 6.03. The first-order valence-electron chi connectivity index (χ1n) is 6.39. The molecule has 0 saturated heterocycles. The number of ether oxygens (including phenoxy) is 1. The zero-order valence-corrected chi connectivity index (χ0v) is 11.3. The van der Waals surface area contributed by atoms with E-state index >= 15 is 0 Å². The topological polar surface area (TPSA) is 67.9 Å². The van der Waals surface area contributed by atoms with Gasteiger partial charge in [0, 0.05) is 13.7 Å². The highest BCUT2D eigenvalue weighted by Gasteiger charge is 2.33. The number of benzene rings is 1. The maximum Gasteiger partial charge on any atom is 0.346 e. The summed E-state index contributed by atoms with van der Waals surface area (Å²) in [6.45, 7) is 3.22. The minimum absolute atomic E-state index is 0.246. The van der Waals surface area contributed by atoms with E-state index < -0.39 is 0 Å². The SMILES string of the molecule is CCCN1C(=O)N=C(N)C1c1cccc(COC)c1. The van der Waals surface area contributed by atoms with Gasteiger partial charge in [0.2, 0.25) is 0 Å². The van der Waals surface area contributed by atoms with E-state index in [1.165, 1.54) is 0 Å². The normalized spacial score (nSPS) is 18.8. The van der Waals surface area contributed by atoms with Crippen molar-refractivity contribution in [3.63, 3.8) is 0 Å². The van der Waals surface area contributed by atoms with E-state index in [9.17, 15) is 4.79 Å². The Balaban J connectivity index is 2.30. The third kappa shape index (κ3) is 2.76. The number of carbonyl (C=O) groups is 1. The van der Waals surface area contributed by atoms with E-state index in [2.05, 4.69) is 4.99 Å². The Morgan fingerprint density at radius 3 is 2.95 bits per heavy atom. The molecule has 2 amide bonds. The van der Waals surface area contributed by atoms with Gasteiger partial charge in [0.1, 0.15) is 11.9 Å². The standard InChI is InChI=1S/C14H19N3O2/c1-3-7-17-12(13(15)16-14(17)18)11-6-4-5-10(8-11)9-19-2/h4-6,8,12H,3,7,9H2,1-2H3,(H2,15,16,18). The maximum atomic E-state index is 11.8. The summed E-state index contributed by atoms with van der Waals surface area (Å²) >= 11 is 0. The lowest BCUT2D eigenvalue weighted by Gasteiger charge is -2.24. The largest absolute Gasteiger partial charge is 0.385 e. The van der Waals surface area contributed by atoms with Crippen LogP contribution in [0.15, 0.2) is 29.3 Å². The van der Waals surface area contributed by atoms with Gasteiger partial charge in [-0.05, 0) is 17.5 Å². The number of amides is 2. The van der Waals surface area contributed by atoms with Crippen molar-refractivity contribution in [1.29, 1.82) is 0 Å². The van der Waals surface area contributed by atoms with E-state index in [1.54, 1.807) is 12.0 Å². The molecule has 102 valence electrons. The molecule has 1 aromatic carbocycles. The summed E-state index contributed by atoms with van der Waals surface area (Å²) in [6.07, 6.45) is 0.878. The number of nitrogens with two attached hydrogens (primary N) is 1. The zero-order chi connectivity index (χ0) is 13.8. The lowest BCUT2D eigenvalue weighted by molar-refractivity contribution is 0.184. The summed E-state index contributed by atoms with van der Waals surface area (Å²) < 4.78 is 5.13. The second-order valence-corrected chi connectivity index (χ2v) is 4.59. The number of carbonyl (C=O) groups excluding carboxylic acids is 1. The second-order valence-electron chi connectivity index (χ2n) is 4.59. The zero-order valence-electron chi connectivity index (χ0n) is 11.3. The van der Waals surface area contributed by atoms with Gasteiger partial charge in [-0.2, -0.15) is 4.99 Å². The Kier molecular flexibility index (Phi) is 4.16. The minimum atomic E-state index is -0.249. The molecule has 5 heteroatoms. The summed E-state index contributed by atoms with van der Waals surface area (Å²) in [4.78, 5) is 17.4. The molecule has 1 unspecified atom stereocenters. The third-order valence-corrected chi connectivity index (χ3v) is 3.10. The van der Waals surface area contributed by atoms with Gasteiger partial charge in [-0.3, -0.25) is 0 Å². The molecule has 1 heterocycles. The molecule has 0 fully saturated rings. The van der Waals surface area contributed by atoms with Crippen molar-refractivity contribution >= 4 is 11.9 Å². The lowest BCUT2D eigenvalue weighted by atomic mass is 10.0. The molecule has 0 spiro atoms. The molecule has 0 bridgehead atoms. The number of aliphatic imine (C=N–C) groups is 1. The highest BCUT2D eigenvalue weighted by Crippen LogP contribution is 2.27. The van der Waals surface area contributed by atoms with Crippen LogP contribution in [-0.2, 0) is 11.3 Å². The van der Waals surface area contributed by atoms with Gasteiger partial charge in [0.25, 0.3) is 0 Å². The Hall–Kier alpha value is -1.88. The monoisotopic (exact) mass is 261 g/mol. The summed E-state index contributed by atoms with van der Waals surface area (Å²) in [5.74, 6) is 0.369. The van der Waals surface area contributed by atoms with E-state index in [1.807, 2.05) is 31.2 Å². The van der Waals surface area contributed by atoms with Gasteiger partial charge in [-0.1, -0.05) is 31.2 Å². The van der Waals surface area contributed by atoms with Crippen LogP contribution in [0.25, 0.3) is 0 Å². The number of hydrogen-bond acceptors (Lipinski definition) is 3. The van der Waals surface area contributed by atoms with Crippen molar-refractivity contribution in [3.05, 3.63) is 35.4 Å². The van der Waals surface area contributed by atoms with Gasteiger partial charge >= 0.3 is 6.03 Å². The fourth-order valence-electron chi connectivity index (χ4n) is 2.34. The van der Waals surface area contributed by atoms with Crippen LogP contribution in [-0.4, -0.2) is 30.4 Å². The van der Waals surface area contributed by atoms with Crippen molar-refractivity contribution in [2.75, 3.05) is 13.7 Å². The molecule has 0 aliphatic carbocycles. The first-order chi connectivity index (χ1) is 9.17. The van der Waals surface area contributed by atoms with Gasteiger partial charge in [-0.15, -0.1) is 0 Å². The average Bonchev–Trinajstić information content (AvgIpc) is 2.66. The fourth-order valence-corrected chi connectivity index (χ4v) is 2.34. The van der Waals surface area contributed by atoms with Crippen LogP contribution in [0.1, 0.15) is 30.5 Å². The smallest absolute Gasteiger partial charge is 0.346 e. The van der Waals surface area contributed by atoms with Crippen molar-refractivity contribution in [2.24, 2.45) is 10.7 Å². The first-order valence-corrected chi connectivity index (χ1v) is 6.39. The Bertz CT molecular complexity index is 499. The Morgan fingerprint density at radius 1 is 1.47 bits per heavy atom. The summed E-state index contributed by atoms with van der Waals surface area (Å²) in [5, 5.41) is 0. The number of nitrogens with zero attached hydrogens (tertiary/aromatic N) is 2. The van der Waals surface area contributed by atoms with Gasteiger partial charge in [0.05, 0.1) is 6.61 Å². The predicted molar refractivity (Wildman–Crippen MR) is 73.9 cm³/mol. The van der Waals surface area contributed by atoms with E-state index in [0.717, 1.165) is 17.5 Å². The van der Waals surface area contributed by atoms with Crippen LogP contribution in [0.5, 0.6) is 0 Å². The predicted octanol–water partition coefficient (Wildman–Crippen LogP) is 2.08. The molecule has 1 atom stereocenters. The summed E-state index contributed by atoms with van der Waals surface area (Å²) in [5.41, 5.74) is 7.94. The van der Waals surface area contributed by atoms with E-state index in [0.29, 0.717) is 19.0 Å². The Labute approximate surface area is 113 Å².